The number of ether oxygens (including phenoxy) is 3. The number of furan rings is 1. The number of nitro groups is 1. The minimum Gasteiger partial charge on any atom is -0.493 e. The van der Waals surface area contributed by atoms with Crippen LogP contribution in [0.1, 0.15) is 31.2 Å². The largest absolute Gasteiger partial charge is 0.493 e. The SMILES string of the molecule is CCOC(=O)C1=C(C)N=c2s/c(=C/c3ccc(-c4ccc([N+](=O)[O-])cc4Br)o3)c(=O)n2[C@H]1c1ccc(OC)c(OC)c1. The molecule has 0 spiro atoms. The van der Waals surface area contributed by atoms with Gasteiger partial charge in [0, 0.05) is 28.2 Å². The molecule has 0 unspecified atom stereocenters. The van der Waals surface area contributed by atoms with Crippen LogP contribution in [-0.2, 0) is 9.53 Å². The third-order valence-corrected chi connectivity index (χ3v) is 8.21. The molecule has 4 aromatic rings. The van der Waals surface area contributed by atoms with Crippen molar-refractivity contribution in [2.24, 2.45) is 4.99 Å². The van der Waals surface area contributed by atoms with Crippen molar-refractivity contribution < 1.29 is 28.3 Å². The van der Waals surface area contributed by atoms with E-state index < -0.39 is 16.9 Å². The number of allylic oxidation sites excluding steroid dienone is 1. The lowest BCUT2D eigenvalue weighted by molar-refractivity contribution is -0.384. The van der Waals surface area contributed by atoms with Gasteiger partial charge in [-0.25, -0.2) is 9.79 Å². The fourth-order valence-electron chi connectivity index (χ4n) is 4.65. The molecule has 0 aliphatic carbocycles. The first-order valence-electron chi connectivity index (χ1n) is 12.6. The highest BCUT2D eigenvalue weighted by atomic mass is 79.9. The maximum atomic E-state index is 13.9. The van der Waals surface area contributed by atoms with Crippen LogP contribution < -0.4 is 24.4 Å². The van der Waals surface area contributed by atoms with Gasteiger partial charge in [0.25, 0.3) is 11.2 Å². The summed E-state index contributed by atoms with van der Waals surface area (Å²) < 4.78 is 24.5. The van der Waals surface area contributed by atoms with Gasteiger partial charge in [-0.05, 0) is 65.7 Å². The number of aromatic nitrogens is 1. The number of hydrogen-bond donors (Lipinski definition) is 0. The fraction of sp³-hybridized carbons (Fsp3) is 0.207. The zero-order valence-electron chi connectivity index (χ0n) is 22.9. The van der Waals surface area contributed by atoms with Crippen LogP contribution in [0.2, 0.25) is 0 Å². The number of carbonyl (C=O) groups is 1. The predicted octanol–water partition coefficient (Wildman–Crippen LogP) is 4.75. The number of hydrogen-bond acceptors (Lipinski definition) is 10. The zero-order valence-corrected chi connectivity index (χ0v) is 25.3. The molecule has 0 radical (unpaired) electrons. The van der Waals surface area contributed by atoms with Crippen molar-refractivity contribution in [2.75, 3.05) is 20.8 Å². The second-order valence-electron chi connectivity index (χ2n) is 9.04. The van der Waals surface area contributed by atoms with Gasteiger partial charge in [0.1, 0.15) is 11.5 Å². The molecule has 2 aromatic carbocycles. The second kappa shape index (κ2) is 11.8. The normalized spacial score (nSPS) is 14.8. The average Bonchev–Trinajstić information content (AvgIpc) is 3.55. The van der Waals surface area contributed by atoms with Crippen molar-refractivity contribution in [1.82, 2.24) is 4.57 Å². The Labute approximate surface area is 251 Å². The summed E-state index contributed by atoms with van der Waals surface area (Å²) in [7, 11) is 3.03. The molecule has 216 valence electrons. The number of carbonyl (C=O) groups excluding carboxylic acids is 1. The number of methoxy groups -OCH3 is 2. The predicted molar refractivity (Wildman–Crippen MR) is 158 cm³/mol. The first-order chi connectivity index (χ1) is 20.2. The lowest BCUT2D eigenvalue weighted by atomic mass is 9.95. The van der Waals surface area contributed by atoms with Gasteiger partial charge < -0.3 is 18.6 Å². The molecule has 3 heterocycles. The summed E-state index contributed by atoms with van der Waals surface area (Å²) in [5.74, 6) is 1.22. The van der Waals surface area contributed by atoms with Crippen LogP contribution >= 0.6 is 27.3 Å². The Morgan fingerprint density at radius 2 is 1.93 bits per heavy atom. The van der Waals surface area contributed by atoms with Crippen molar-refractivity contribution in [2.45, 2.75) is 19.9 Å². The van der Waals surface area contributed by atoms with E-state index in [1.54, 1.807) is 56.3 Å². The molecule has 5 rings (SSSR count). The minimum absolute atomic E-state index is 0.0555. The summed E-state index contributed by atoms with van der Waals surface area (Å²) in [5.41, 5.74) is 1.48. The molecule has 0 bridgehead atoms. The Morgan fingerprint density at radius 3 is 2.60 bits per heavy atom. The van der Waals surface area contributed by atoms with Gasteiger partial charge in [0.15, 0.2) is 16.3 Å². The molecule has 42 heavy (non-hydrogen) atoms. The molecule has 0 N–H and O–H groups in total. The van der Waals surface area contributed by atoms with Crippen molar-refractivity contribution in [3.05, 3.63) is 105 Å². The molecule has 13 heteroatoms. The van der Waals surface area contributed by atoms with E-state index in [0.717, 1.165) is 11.3 Å². The summed E-state index contributed by atoms with van der Waals surface area (Å²) in [5, 5.41) is 11.1. The van der Waals surface area contributed by atoms with E-state index in [9.17, 15) is 19.7 Å². The topological polar surface area (TPSA) is 135 Å². The maximum absolute atomic E-state index is 13.9. The van der Waals surface area contributed by atoms with Crippen molar-refractivity contribution in [3.63, 3.8) is 0 Å². The first-order valence-corrected chi connectivity index (χ1v) is 14.2. The molecule has 1 aliphatic rings. The van der Waals surface area contributed by atoms with E-state index in [4.69, 9.17) is 18.6 Å². The lowest BCUT2D eigenvalue weighted by Crippen LogP contribution is -2.39. The Hall–Kier alpha value is -4.49. The summed E-state index contributed by atoms with van der Waals surface area (Å²) in [4.78, 5) is 42.6. The molecule has 0 amide bonds. The Bertz CT molecular complexity index is 1940. The number of nitro benzene ring substituents is 1. The highest BCUT2D eigenvalue weighted by molar-refractivity contribution is 9.10. The monoisotopic (exact) mass is 653 g/mol. The third kappa shape index (κ3) is 5.28. The highest BCUT2D eigenvalue weighted by Crippen LogP contribution is 2.36. The van der Waals surface area contributed by atoms with Gasteiger partial charge in [-0.3, -0.25) is 19.5 Å². The molecule has 11 nitrogen and oxygen atoms in total. The van der Waals surface area contributed by atoms with Crippen LogP contribution in [0.3, 0.4) is 0 Å². The van der Waals surface area contributed by atoms with E-state index >= 15 is 0 Å². The Balaban J connectivity index is 1.63. The van der Waals surface area contributed by atoms with E-state index in [1.165, 1.54) is 30.9 Å². The number of benzene rings is 2. The average molecular weight is 654 g/mol. The molecule has 0 saturated carbocycles. The summed E-state index contributed by atoms with van der Waals surface area (Å²) in [6, 6.07) is 12.1. The van der Waals surface area contributed by atoms with Crippen LogP contribution in [-0.4, -0.2) is 36.3 Å². The number of fused-ring (bicyclic) bond motifs is 1. The van der Waals surface area contributed by atoms with Crippen LogP contribution in [0.15, 0.2) is 78.5 Å². The molecular formula is C29H24BrN3O8S. The van der Waals surface area contributed by atoms with Gasteiger partial charge in [-0.2, -0.15) is 0 Å². The number of rotatable bonds is 8. The van der Waals surface area contributed by atoms with Crippen molar-refractivity contribution in [3.8, 4) is 22.8 Å². The van der Waals surface area contributed by atoms with E-state index in [2.05, 4.69) is 20.9 Å². The minimum atomic E-state index is -0.828. The lowest BCUT2D eigenvalue weighted by Gasteiger charge is -2.25. The number of halogens is 1. The van der Waals surface area contributed by atoms with Crippen LogP contribution in [0.4, 0.5) is 5.69 Å². The highest BCUT2D eigenvalue weighted by Gasteiger charge is 2.34. The van der Waals surface area contributed by atoms with Gasteiger partial charge >= 0.3 is 5.97 Å². The van der Waals surface area contributed by atoms with Gasteiger partial charge in [-0.15, -0.1) is 0 Å². The fourth-order valence-corrected chi connectivity index (χ4v) is 6.24. The van der Waals surface area contributed by atoms with Crippen molar-refractivity contribution >= 4 is 45.0 Å². The zero-order chi connectivity index (χ0) is 30.1. The first kappa shape index (κ1) is 29.0. The molecule has 1 atom stereocenters. The summed E-state index contributed by atoms with van der Waals surface area (Å²) >= 11 is 4.52. The van der Waals surface area contributed by atoms with Gasteiger partial charge in [-0.1, -0.05) is 17.4 Å². The number of thiazole rings is 1. The Kier molecular flexibility index (Phi) is 8.14. The quantitative estimate of drug-likeness (QED) is 0.151. The molecule has 2 aromatic heterocycles. The number of nitrogens with zero attached hydrogens (tertiary/aromatic N) is 3. The summed E-state index contributed by atoms with van der Waals surface area (Å²) in [6.45, 7) is 3.57. The maximum Gasteiger partial charge on any atom is 0.338 e. The van der Waals surface area contributed by atoms with Crippen LogP contribution in [0.5, 0.6) is 11.5 Å². The molecular weight excluding hydrogens is 630 g/mol. The number of non-ortho nitro benzene ring substituents is 1. The van der Waals surface area contributed by atoms with E-state index in [1.807, 2.05) is 0 Å². The van der Waals surface area contributed by atoms with Crippen molar-refractivity contribution in [1.29, 1.82) is 0 Å². The van der Waals surface area contributed by atoms with E-state index in [-0.39, 0.29) is 23.4 Å². The molecule has 1 aliphatic heterocycles. The standard InChI is InChI=1S/C29H24BrN3O8S/c1-5-40-28(35)25-15(2)31-29-32(26(25)16-6-10-22(38-3)23(12-16)39-4)27(34)24(42-29)14-18-8-11-21(41-18)19-9-7-17(33(36)37)13-20(19)30/h6-14,26H,5H2,1-4H3/b24-14+/t26-/m0/s1. The summed E-state index contributed by atoms with van der Waals surface area (Å²) in [6.07, 6.45) is 1.60. The smallest absolute Gasteiger partial charge is 0.338 e. The van der Waals surface area contributed by atoms with Gasteiger partial charge in [0.05, 0.1) is 47.6 Å². The molecule has 0 fully saturated rings. The van der Waals surface area contributed by atoms with Gasteiger partial charge in [0.2, 0.25) is 0 Å². The van der Waals surface area contributed by atoms with Crippen LogP contribution in [0.25, 0.3) is 17.4 Å². The van der Waals surface area contributed by atoms with E-state index in [0.29, 0.717) is 53.6 Å². The second-order valence-corrected chi connectivity index (χ2v) is 10.9. The third-order valence-electron chi connectivity index (χ3n) is 6.57. The van der Waals surface area contributed by atoms with Crippen LogP contribution in [0, 0.1) is 10.1 Å². The Morgan fingerprint density at radius 1 is 1.17 bits per heavy atom. The number of esters is 1. The molecule has 0 saturated heterocycles.